The topological polar surface area (TPSA) is 38.2 Å². The summed E-state index contributed by atoms with van der Waals surface area (Å²) in [6.45, 7) is 0.897. The minimum absolute atomic E-state index is 0.741. The van der Waals surface area contributed by atoms with E-state index in [9.17, 15) is 0 Å². The summed E-state index contributed by atoms with van der Waals surface area (Å²) >= 11 is 6.16. The average molecular weight is 312 g/mol. The van der Waals surface area contributed by atoms with E-state index in [-0.39, 0.29) is 0 Å². The van der Waals surface area contributed by atoms with Crippen LogP contribution >= 0.6 is 11.6 Å². The summed E-state index contributed by atoms with van der Waals surface area (Å²) in [6.07, 6.45) is 2.59. The number of ether oxygens (including phenoxy) is 1. The maximum atomic E-state index is 6.16. The first-order chi connectivity index (χ1) is 10.8. The van der Waals surface area contributed by atoms with E-state index in [1.54, 1.807) is 13.4 Å². The molecule has 0 fully saturated rings. The van der Waals surface area contributed by atoms with Crippen molar-refractivity contribution in [3.63, 3.8) is 0 Å². The number of hydrogen-bond acceptors (Lipinski definition) is 4. The molecule has 0 amide bonds. The van der Waals surface area contributed by atoms with Gasteiger partial charge in [-0.3, -0.25) is 0 Å². The summed E-state index contributed by atoms with van der Waals surface area (Å²) in [6, 6.07) is 11.9. The van der Waals surface area contributed by atoms with Crippen LogP contribution in [0.15, 0.2) is 42.7 Å². The average Bonchev–Trinajstić information content (AvgIpc) is 2.96. The van der Waals surface area contributed by atoms with Gasteiger partial charge in [-0.05, 0) is 36.2 Å². The monoisotopic (exact) mass is 311 g/mol. The zero-order valence-corrected chi connectivity index (χ0v) is 12.8. The quantitative estimate of drug-likeness (QED) is 0.717. The Hall–Kier alpha value is -2.33. The number of hydrogen-bond donors (Lipinski definition) is 0. The van der Waals surface area contributed by atoms with Crippen LogP contribution in [0.4, 0.5) is 11.5 Å². The Morgan fingerprint density at radius 2 is 2.05 bits per heavy atom. The third-order valence-electron chi connectivity index (χ3n) is 4.02. The lowest BCUT2D eigenvalue weighted by atomic mass is 10.1. The van der Waals surface area contributed by atoms with Gasteiger partial charge in [0.15, 0.2) is 0 Å². The highest BCUT2D eigenvalue weighted by molar-refractivity contribution is 6.31. The van der Waals surface area contributed by atoms with E-state index in [1.807, 2.05) is 30.3 Å². The van der Waals surface area contributed by atoms with Gasteiger partial charge in [0.05, 0.1) is 12.6 Å². The van der Waals surface area contributed by atoms with Crippen molar-refractivity contribution in [2.75, 3.05) is 18.6 Å². The predicted octanol–water partition coefficient (Wildman–Crippen LogP) is 3.99. The van der Waals surface area contributed by atoms with Crippen LogP contribution in [0.3, 0.4) is 0 Å². The number of methoxy groups -OCH3 is 1. The summed E-state index contributed by atoms with van der Waals surface area (Å²) < 4.78 is 5.27. The number of halogens is 1. The minimum atomic E-state index is 0.741. The third kappa shape index (κ3) is 2.07. The van der Waals surface area contributed by atoms with Gasteiger partial charge in [-0.2, -0.15) is 0 Å². The van der Waals surface area contributed by atoms with E-state index < -0.39 is 0 Å². The highest BCUT2D eigenvalue weighted by atomic mass is 35.5. The number of rotatable bonds is 2. The second-order valence-corrected chi connectivity index (χ2v) is 5.69. The number of nitrogens with zero attached hydrogens (tertiary/aromatic N) is 3. The predicted molar refractivity (Wildman–Crippen MR) is 88.3 cm³/mol. The molecular formula is C17H14ClN3O. The SMILES string of the molecule is COc1ccc2c(N3CCc4ccc(Cl)cc43)ncnc2c1. The lowest BCUT2D eigenvalue weighted by Gasteiger charge is -2.20. The minimum Gasteiger partial charge on any atom is -0.497 e. The fraction of sp³-hybridized carbons (Fsp3) is 0.176. The van der Waals surface area contributed by atoms with Crippen LogP contribution in [0, 0.1) is 0 Å². The summed E-state index contributed by atoms with van der Waals surface area (Å²) in [7, 11) is 1.65. The zero-order valence-electron chi connectivity index (χ0n) is 12.1. The number of anilines is 2. The van der Waals surface area contributed by atoms with Crippen LogP contribution in [0.25, 0.3) is 10.9 Å². The smallest absolute Gasteiger partial charge is 0.144 e. The molecule has 0 radical (unpaired) electrons. The first-order valence-electron chi connectivity index (χ1n) is 7.11. The van der Waals surface area contributed by atoms with Crippen molar-refractivity contribution < 1.29 is 4.74 Å². The van der Waals surface area contributed by atoms with Gasteiger partial charge >= 0.3 is 0 Å². The molecule has 4 nitrogen and oxygen atoms in total. The normalized spacial score (nSPS) is 13.5. The zero-order chi connectivity index (χ0) is 15.1. The Labute approximate surface area is 133 Å². The molecule has 0 atom stereocenters. The molecule has 0 spiro atoms. The van der Waals surface area contributed by atoms with Crippen molar-refractivity contribution in [2.24, 2.45) is 0 Å². The molecule has 1 aliphatic heterocycles. The Bertz CT molecular complexity index is 866. The van der Waals surface area contributed by atoms with Crippen molar-refractivity contribution in [1.29, 1.82) is 0 Å². The van der Waals surface area contributed by atoms with E-state index in [0.29, 0.717) is 0 Å². The van der Waals surface area contributed by atoms with Crippen LogP contribution < -0.4 is 9.64 Å². The van der Waals surface area contributed by atoms with Crippen molar-refractivity contribution >= 4 is 34.0 Å². The van der Waals surface area contributed by atoms with E-state index in [0.717, 1.165) is 46.1 Å². The highest BCUT2D eigenvalue weighted by Gasteiger charge is 2.23. The van der Waals surface area contributed by atoms with Crippen LogP contribution in [0.2, 0.25) is 5.02 Å². The largest absolute Gasteiger partial charge is 0.497 e. The molecule has 110 valence electrons. The standard InChI is InChI=1S/C17H14ClN3O/c1-22-13-4-5-14-15(9-13)19-10-20-17(14)21-7-6-11-2-3-12(18)8-16(11)21/h2-5,8-10H,6-7H2,1H3. The van der Waals surface area contributed by atoms with Crippen molar-refractivity contribution in [1.82, 2.24) is 9.97 Å². The van der Waals surface area contributed by atoms with Crippen LogP contribution in [-0.2, 0) is 6.42 Å². The summed E-state index contributed by atoms with van der Waals surface area (Å²) in [4.78, 5) is 11.1. The highest BCUT2D eigenvalue weighted by Crippen LogP contribution is 2.38. The summed E-state index contributed by atoms with van der Waals surface area (Å²) in [5.74, 6) is 1.70. The van der Waals surface area contributed by atoms with Crippen LogP contribution in [0.5, 0.6) is 5.75 Å². The number of benzene rings is 2. The van der Waals surface area contributed by atoms with Crippen molar-refractivity contribution in [3.05, 3.63) is 53.3 Å². The van der Waals surface area contributed by atoms with Gasteiger partial charge < -0.3 is 9.64 Å². The summed E-state index contributed by atoms with van der Waals surface area (Å²) in [5, 5.41) is 1.75. The molecule has 22 heavy (non-hydrogen) atoms. The van der Waals surface area contributed by atoms with E-state index >= 15 is 0 Å². The molecule has 4 rings (SSSR count). The van der Waals surface area contributed by atoms with Crippen molar-refractivity contribution in [2.45, 2.75) is 6.42 Å². The molecule has 3 aromatic rings. The number of aromatic nitrogens is 2. The van der Waals surface area contributed by atoms with Gasteiger partial charge in [0.25, 0.3) is 0 Å². The maximum absolute atomic E-state index is 6.16. The van der Waals surface area contributed by atoms with Gasteiger partial charge in [-0.1, -0.05) is 17.7 Å². The van der Waals surface area contributed by atoms with Crippen molar-refractivity contribution in [3.8, 4) is 5.75 Å². The molecule has 1 aliphatic rings. The van der Waals surface area contributed by atoms with Gasteiger partial charge in [0.2, 0.25) is 0 Å². The van der Waals surface area contributed by atoms with E-state index in [2.05, 4.69) is 20.9 Å². The van der Waals surface area contributed by atoms with Gasteiger partial charge in [-0.15, -0.1) is 0 Å². The molecule has 2 heterocycles. The molecule has 0 bridgehead atoms. The lowest BCUT2D eigenvalue weighted by molar-refractivity contribution is 0.415. The molecule has 0 saturated carbocycles. The Balaban J connectivity index is 1.88. The second-order valence-electron chi connectivity index (χ2n) is 5.26. The fourth-order valence-electron chi connectivity index (χ4n) is 2.94. The Kier molecular flexibility index (Phi) is 3.12. The molecule has 0 aliphatic carbocycles. The third-order valence-corrected chi connectivity index (χ3v) is 4.26. The first-order valence-corrected chi connectivity index (χ1v) is 7.49. The molecule has 0 unspecified atom stereocenters. The van der Waals surface area contributed by atoms with Crippen LogP contribution in [0.1, 0.15) is 5.56 Å². The molecule has 2 aromatic carbocycles. The molecule has 0 N–H and O–H groups in total. The van der Waals surface area contributed by atoms with Gasteiger partial charge in [-0.25, -0.2) is 9.97 Å². The van der Waals surface area contributed by atoms with E-state index in [1.165, 1.54) is 5.56 Å². The number of fused-ring (bicyclic) bond motifs is 2. The summed E-state index contributed by atoms with van der Waals surface area (Å²) in [5.41, 5.74) is 3.30. The fourth-order valence-corrected chi connectivity index (χ4v) is 3.10. The Morgan fingerprint density at radius 3 is 2.91 bits per heavy atom. The lowest BCUT2D eigenvalue weighted by Crippen LogP contribution is -2.15. The molecule has 1 aromatic heterocycles. The first kappa shape index (κ1) is 13.3. The molecular weight excluding hydrogens is 298 g/mol. The van der Waals surface area contributed by atoms with Gasteiger partial charge in [0, 0.05) is 28.7 Å². The van der Waals surface area contributed by atoms with E-state index in [4.69, 9.17) is 16.3 Å². The maximum Gasteiger partial charge on any atom is 0.144 e. The van der Waals surface area contributed by atoms with Crippen LogP contribution in [-0.4, -0.2) is 23.6 Å². The Morgan fingerprint density at radius 1 is 1.14 bits per heavy atom. The second kappa shape index (κ2) is 5.14. The molecule has 0 saturated heterocycles. The molecule has 5 heteroatoms. The van der Waals surface area contributed by atoms with Gasteiger partial charge in [0.1, 0.15) is 17.9 Å².